The molecule has 1 atom stereocenters. The highest BCUT2D eigenvalue weighted by molar-refractivity contribution is 8.00. The van der Waals surface area contributed by atoms with Gasteiger partial charge in [-0.2, -0.15) is 0 Å². The molecule has 4 heteroatoms. The first-order chi connectivity index (χ1) is 13.2. The van der Waals surface area contributed by atoms with Crippen LogP contribution in [0.15, 0.2) is 72.1 Å². The van der Waals surface area contributed by atoms with Gasteiger partial charge in [0.15, 0.2) is 0 Å². The van der Waals surface area contributed by atoms with Crippen molar-refractivity contribution in [1.29, 1.82) is 0 Å². The lowest BCUT2D eigenvalue weighted by Crippen LogP contribution is -2.13. The predicted molar refractivity (Wildman–Crippen MR) is 114 cm³/mol. The van der Waals surface area contributed by atoms with Gasteiger partial charge in [0.05, 0.1) is 13.4 Å². The van der Waals surface area contributed by atoms with E-state index in [0.29, 0.717) is 11.2 Å². The van der Waals surface area contributed by atoms with E-state index in [1.807, 2.05) is 36.4 Å². The molecule has 0 N–H and O–H groups in total. The molecule has 0 amide bonds. The predicted octanol–water partition coefficient (Wildman–Crippen LogP) is 5.81. The van der Waals surface area contributed by atoms with Crippen molar-refractivity contribution in [3.8, 4) is 5.75 Å². The Morgan fingerprint density at radius 2 is 1.85 bits per heavy atom. The number of ether oxygens (including phenoxy) is 1. The van der Waals surface area contributed by atoms with Gasteiger partial charge >= 0.3 is 0 Å². The van der Waals surface area contributed by atoms with E-state index in [0.717, 1.165) is 25.1 Å². The summed E-state index contributed by atoms with van der Waals surface area (Å²) in [5, 5.41) is 0.487. The molecule has 0 fully saturated rings. The summed E-state index contributed by atoms with van der Waals surface area (Å²) in [5.41, 5.74) is 2.78. The molecular weight excluding hydrogens is 352 g/mol. The average Bonchev–Trinajstić information content (AvgIpc) is 3.20. The molecule has 2 aromatic carbocycles. The normalized spacial score (nSPS) is 12.3. The lowest BCUT2D eigenvalue weighted by atomic mass is 10.0. The maximum atomic E-state index is 5.27. The second-order valence-corrected chi connectivity index (χ2v) is 8.42. The second-order valence-electron chi connectivity index (χ2n) is 7.08. The topological polar surface area (TPSA) is 27.1 Å². The first-order valence-electron chi connectivity index (χ1n) is 9.50. The van der Waals surface area contributed by atoms with Crippen LogP contribution >= 0.6 is 11.8 Å². The first kappa shape index (κ1) is 19.6. The lowest BCUT2D eigenvalue weighted by molar-refractivity contribution is 0.414. The Bertz CT molecular complexity index is 813. The van der Waals surface area contributed by atoms with Crippen LogP contribution in [0.2, 0.25) is 0 Å². The van der Waals surface area contributed by atoms with Gasteiger partial charge in [-0.3, -0.25) is 0 Å². The largest absolute Gasteiger partial charge is 0.497 e. The summed E-state index contributed by atoms with van der Waals surface area (Å²) in [6.45, 7) is 5.50. The fourth-order valence-electron chi connectivity index (χ4n) is 3.18. The minimum atomic E-state index is 0.487. The summed E-state index contributed by atoms with van der Waals surface area (Å²) in [6, 6.07) is 17.2. The zero-order chi connectivity index (χ0) is 19.1. The number of rotatable bonds is 9. The maximum Gasteiger partial charge on any atom is 0.118 e. The molecule has 142 valence electrons. The van der Waals surface area contributed by atoms with Gasteiger partial charge in [0.25, 0.3) is 0 Å². The Morgan fingerprint density at radius 3 is 2.52 bits per heavy atom. The number of nitrogens with zero attached hydrogens (tertiary/aromatic N) is 2. The van der Waals surface area contributed by atoms with Crippen molar-refractivity contribution in [3.63, 3.8) is 0 Å². The van der Waals surface area contributed by atoms with Gasteiger partial charge in [0.1, 0.15) is 5.75 Å². The molecule has 0 saturated carbocycles. The molecule has 0 saturated heterocycles. The summed E-state index contributed by atoms with van der Waals surface area (Å²) in [4.78, 5) is 5.60. The van der Waals surface area contributed by atoms with Crippen molar-refractivity contribution >= 4 is 11.8 Å². The number of thioether (sulfide) groups is 1. The third kappa shape index (κ3) is 5.64. The van der Waals surface area contributed by atoms with Crippen LogP contribution in [0.1, 0.15) is 37.3 Å². The van der Waals surface area contributed by atoms with Crippen LogP contribution in [0.3, 0.4) is 0 Å². The standard InChI is InChI=1S/C23H28N2OS/c1-18(2)22-6-4-5-7-23(22)27-21(16-25-15-14-24-17-25)13-10-19-8-11-20(26-3)12-9-19/h4-9,11-12,14-15,17-18,21H,10,13,16H2,1-3H3. The summed E-state index contributed by atoms with van der Waals surface area (Å²) in [5.74, 6) is 1.44. The molecule has 27 heavy (non-hydrogen) atoms. The molecule has 1 heterocycles. The second kappa shape index (κ2) is 9.65. The monoisotopic (exact) mass is 380 g/mol. The van der Waals surface area contributed by atoms with Crippen LogP contribution in [0.4, 0.5) is 0 Å². The van der Waals surface area contributed by atoms with E-state index in [1.165, 1.54) is 16.0 Å². The molecule has 3 rings (SSSR count). The quantitative estimate of drug-likeness (QED) is 0.438. The molecule has 0 aliphatic rings. The highest BCUT2D eigenvalue weighted by Gasteiger charge is 2.15. The molecule has 0 bridgehead atoms. The van der Waals surface area contributed by atoms with Crippen molar-refractivity contribution in [2.45, 2.75) is 49.3 Å². The number of benzene rings is 2. The van der Waals surface area contributed by atoms with E-state index in [1.54, 1.807) is 7.11 Å². The number of hydrogen-bond donors (Lipinski definition) is 0. The number of hydrogen-bond acceptors (Lipinski definition) is 3. The first-order valence-corrected chi connectivity index (χ1v) is 10.4. The van der Waals surface area contributed by atoms with Gasteiger partial charge in [0, 0.05) is 29.1 Å². The highest BCUT2D eigenvalue weighted by Crippen LogP contribution is 2.33. The summed E-state index contributed by atoms with van der Waals surface area (Å²) in [6.07, 6.45) is 7.99. The van der Waals surface area contributed by atoms with E-state index in [4.69, 9.17) is 4.74 Å². The van der Waals surface area contributed by atoms with E-state index in [-0.39, 0.29) is 0 Å². The Balaban J connectivity index is 1.72. The van der Waals surface area contributed by atoms with E-state index in [2.05, 4.69) is 66.0 Å². The Morgan fingerprint density at radius 1 is 1.07 bits per heavy atom. The number of imidazole rings is 1. The van der Waals surface area contributed by atoms with Crippen LogP contribution in [-0.4, -0.2) is 21.9 Å². The highest BCUT2D eigenvalue weighted by atomic mass is 32.2. The minimum Gasteiger partial charge on any atom is -0.497 e. The zero-order valence-corrected chi connectivity index (χ0v) is 17.2. The molecule has 0 aliphatic carbocycles. The van der Waals surface area contributed by atoms with Crippen molar-refractivity contribution in [2.24, 2.45) is 0 Å². The number of methoxy groups -OCH3 is 1. The van der Waals surface area contributed by atoms with Gasteiger partial charge in [-0.1, -0.05) is 44.2 Å². The Kier molecular flexibility index (Phi) is 6.99. The number of aryl methyl sites for hydroxylation is 1. The smallest absolute Gasteiger partial charge is 0.118 e. The Labute approximate surface area is 166 Å². The molecule has 0 radical (unpaired) electrons. The van der Waals surface area contributed by atoms with Crippen LogP contribution in [0, 0.1) is 0 Å². The molecular formula is C23H28N2OS. The van der Waals surface area contributed by atoms with Gasteiger partial charge in [-0.25, -0.2) is 4.98 Å². The third-order valence-corrected chi connectivity index (χ3v) is 6.07. The van der Waals surface area contributed by atoms with Crippen molar-refractivity contribution in [1.82, 2.24) is 9.55 Å². The van der Waals surface area contributed by atoms with Crippen LogP contribution in [0.5, 0.6) is 5.75 Å². The SMILES string of the molecule is COc1ccc(CCC(Cn2ccnc2)Sc2ccccc2C(C)C)cc1. The zero-order valence-electron chi connectivity index (χ0n) is 16.3. The fourth-order valence-corrected chi connectivity index (χ4v) is 4.62. The van der Waals surface area contributed by atoms with Gasteiger partial charge in [-0.15, -0.1) is 11.8 Å². The molecule has 1 aromatic heterocycles. The minimum absolute atomic E-state index is 0.487. The maximum absolute atomic E-state index is 5.27. The summed E-state index contributed by atoms with van der Waals surface area (Å²) in [7, 11) is 1.71. The third-order valence-electron chi connectivity index (χ3n) is 4.72. The van der Waals surface area contributed by atoms with Crippen LogP contribution < -0.4 is 4.74 Å². The van der Waals surface area contributed by atoms with Crippen LogP contribution in [-0.2, 0) is 13.0 Å². The van der Waals surface area contributed by atoms with Crippen LogP contribution in [0.25, 0.3) is 0 Å². The van der Waals surface area contributed by atoms with Gasteiger partial charge < -0.3 is 9.30 Å². The molecule has 0 spiro atoms. The van der Waals surface area contributed by atoms with Gasteiger partial charge in [0.2, 0.25) is 0 Å². The van der Waals surface area contributed by atoms with E-state index >= 15 is 0 Å². The molecule has 3 nitrogen and oxygen atoms in total. The lowest BCUT2D eigenvalue weighted by Gasteiger charge is -2.20. The summed E-state index contributed by atoms with van der Waals surface area (Å²) < 4.78 is 7.45. The molecule has 0 aliphatic heterocycles. The van der Waals surface area contributed by atoms with Crippen molar-refractivity contribution in [3.05, 3.63) is 78.4 Å². The van der Waals surface area contributed by atoms with E-state index in [9.17, 15) is 0 Å². The van der Waals surface area contributed by atoms with Crippen molar-refractivity contribution in [2.75, 3.05) is 7.11 Å². The summed E-state index contributed by atoms with van der Waals surface area (Å²) >= 11 is 2.00. The van der Waals surface area contributed by atoms with E-state index < -0.39 is 0 Å². The fraction of sp³-hybridized carbons (Fsp3) is 0.348. The Hall–Kier alpha value is -2.20. The molecule has 1 unspecified atom stereocenters. The molecule has 3 aromatic rings. The van der Waals surface area contributed by atoms with Crippen molar-refractivity contribution < 1.29 is 4.74 Å². The van der Waals surface area contributed by atoms with Gasteiger partial charge in [-0.05, 0) is 48.1 Å². The number of aromatic nitrogens is 2. The average molecular weight is 381 g/mol.